The van der Waals surface area contributed by atoms with Crippen molar-refractivity contribution < 1.29 is 4.39 Å². The van der Waals surface area contributed by atoms with E-state index >= 15 is 0 Å². The highest BCUT2D eigenvalue weighted by atomic mass is 127. The Bertz CT molecular complexity index is 443. The average Bonchev–Trinajstić information content (AvgIpc) is 2.31. The summed E-state index contributed by atoms with van der Waals surface area (Å²) in [5.41, 5.74) is 6.27. The molecule has 3 nitrogen and oxygen atoms in total. The molecule has 0 bridgehead atoms. The van der Waals surface area contributed by atoms with Crippen LogP contribution < -0.4 is 11.1 Å². The molecule has 112 valence electrons. The van der Waals surface area contributed by atoms with E-state index in [1.165, 1.54) is 25.3 Å². The second-order valence-corrected chi connectivity index (χ2v) is 5.31. The number of guanidine groups is 1. The Morgan fingerprint density at radius 1 is 1.45 bits per heavy atom. The lowest BCUT2D eigenvalue weighted by Crippen LogP contribution is -2.34. The first kappa shape index (κ1) is 17.5. The predicted octanol–water partition coefficient (Wildman–Crippen LogP) is 3.34. The predicted molar refractivity (Wildman–Crippen MR) is 92.4 cm³/mol. The standard InChI is InChI=1S/C14H19ClFN3.HI/c15-12-5-2-6-13(16)11(12)7-8-18-14(17)19-9-10-3-1-4-10;/h2,5-6,10H,1,3-4,7-9H2,(H3,17,18,19);1H. The van der Waals surface area contributed by atoms with Gasteiger partial charge in [0, 0.05) is 23.7 Å². The summed E-state index contributed by atoms with van der Waals surface area (Å²) in [5.74, 6) is 0.847. The molecule has 3 N–H and O–H groups in total. The molecule has 6 heteroatoms. The van der Waals surface area contributed by atoms with Crippen LogP contribution in [-0.4, -0.2) is 19.0 Å². The first-order valence-electron chi connectivity index (χ1n) is 6.63. The molecular weight excluding hydrogens is 392 g/mol. The fraction of sp³-hybridized carbons (Fsp3) is 0.500. The zero-order chi connectivity index (χ0) is 13.7. The van der Waals surface area contributed by atoms with E-state index in [1.807, 2.05) is 0 Å². The van der Waals surface area contributed by atoms with Gasteiger partial charge in [-0.25, -0.2) is 4.39 Å². The maximum absolute atomic E-state index is 13.5. The molecule has 0 aliphatic heterocycles. The van der Waals surface area contributed by atoms with Crippen LogP contribution in [0.15, 0.2) is 23.2 Å². The number of nitrogens with zero attached hydrogens (tertiary/aromatic N) is 1. The van der Waals surface area contributed by atoms with Crippen molar-refractivity contribution in [3.63, 3.8) is 0 Å². The lowest BCUT2D eigenvalue weighted by Gasteiger charge is -2.23. The lowest BCUT2D eigenvalue weighted by molar-refractivity contribution is 0.326. The van der Waals surface area contributed by atoms with Crippen molar-refractivity contribution >= 4 is 41.5 Å². The van der Waals surface area contributed by atoms with Crippen molar-refractivity contribution in [3.05, 3.63) is 34.6 Å². The van der Waals surface area contributed by atoms with Gasteiger partial charge in [0.05, 0.1) is 0 Å². The van der Waals surface area contributed by atoms with E-state index in [4.69, 9.17) is 17.3 Å². The Hall–Kier alpha value is -0.560. The zero-order valence-electron chi connectivity index (χ0n) is 11.2. The summed E-state index contributed by atoms with van der Waals surface area (Å²) >= 11 is 5.94. The Balaban J connectivity index is 0.00000200. The summed E-state index contributed by atoms with van der Waals surface area (Å²) in [7, 11) is 0. The number of aliphatic imine (C=N–C) groups is 1. The topological polar surface area (TPSA) is 50.4 Å². The molecule has 2 rings (SSSR count). The van der Waals surface area contributed by atoms with Gasteiger partial charge in [0.2, 0.25) is 0 Å². The molecule has 0 spiro atoms. The van der Waals surface area contributed by atoms with Crippen LogP contribution >= 0.6 is 35.6 Å². The molecular formula is C14H20ClFIN3. The maximum Gasteiger partial charge on any atom is 0.188 e. The van der Waals surface area contributed by atoms with Crippen LogP contribution in [0.5, 0.6) is 0 Å². The number of hydrogen-bond acceptors (Lipinski definition) is 1. The number of halogens is 3. The highest BCUT2D eigenvalue weighted by molar-refractivity contribution is 14.0. The van der Waals surface area contributed by atoms with Crippen LogP contribution in [0.2, 0.25) is 5.02 Å². The van der Waals surface area contributed by atoms with E-state index in [0.29, 0.717) is 35.4 Å². The van der Waals surface area contributed by atoms with Crippen LogP contribution in [0.25, 0.3) is 0 Å². The molecule has 0 aromatic heterocycles. The monoisotopic (exact) mass is 411 g/mol. The fourth-order valence-electron chi connectivity index (χ4n) is 2.05. The normalized spacial score (nSPS) is 15.4. The highest BCUT2D eigenvalue weighted by Gasteiger charge is 2.16. The van der Waals surface area contributed by atoms with Crippen molar-refractivity contribution in [1.82, 2.24) is 5.32 Å². The molecule has 1 aliphatic carbocycles. The van der Waals surface area contributed by atoms with Gasteiger partial charge in [-0.3, -0.25) is 4.99 Å². The molecule has 1 aromatic rings. The molecule has 0 atom stereocenters. The summed E-state index contributed by atoms with van der Waals surface area (Å²) in [5, 5.41) is 3.44. The highest BCUT2D eigenvalue weighted by Crippen LogP contribution is 2.26. The quantitative estimate of drug-likeness (QED) is 0.443. The summed E-state index contributed by atoms with van der Waals surface area (Å²) in [6.45, 7) is 1.32. The third-order valence-corrected chi connectivity index (χ3v) is 3.84. The molecule has 1 saturated carbocycles. The minimum atomic E-state index is -0.278. The maximum atomic E-state index is 13.5. The fourth-order valence-corrected chi connectivity index (χ4v) is 2.30. The summed E-state index contributed by atoms with van der Waals surface area (Å²) in [6, 6.07) is 4.70. The first-order chi connectivity index (χ1) is 9.16. The van der Waals surface area contributed by atoms with Crippen LogP contribution in [0, 0.1) is 11.7 Å². The van der Waals surface area contributed by atoms with Gasteiger partial charge in [0.25, 0.3) is 0 Å². The third kappa shape index (κ3) is 5.09. The number of benzene rings is 1. The van der Waals surface area contributed by atoms with Crippen molar-refractivity contribution in [2.75, 3.05) is 13.1 Å². The van der Waals surface area contributed by atoms with Gasteiger partial charge >= 0.3 is 0 Å². The van der Waals surface area contributed by atoms with Crippen LogP contribution in [0.3, 0.4) is 0 Å². The number of rotatable bonds is 5. The molecule has 0 saturated heterocycles. The minimum Gasteiger partial charge on any atom is -0.370 e. The number of nitrogens with one attached hydrogen (secondary N) is 1. The van der Waals surface area contributed by atoms with Crippen LogP contribution in [0.4, 0.5) is 4.39 Å². The van der Waals surface area contributed by atoms with Gasteiger partial charge in [-0.05, 0) is 37.3 Å². The molecule has 0 radical (unpaired) electrons. The van der Waals surface area contributed by atoms with E-state index in [-0.39, 0.29) is 29.8 Å². The SMILES string of the molecule is I.NC(=NCC1CCC1)NCCc1c(F)cccc1Cl. The molecule has 0 amide bonds. The van der Waals surface area contributed by atoms with E-state index in [2.05, 4.69) is 10.3 Å². The zero-order valence-corrected chi connectivity index (χ0v) is 14.3. The van der Waals surface area contributed by atoms with Gasteiger partial charge in [0.1, 0.15) is 5.82 Å². The van der Waals surface area contributed by atoms with Crippen LogP contribution in [0.1, 0.15) is 24.8 Å². The van der Waals surface area contributed by atoms with Crippen molar-refractivity contribution in [3.8, 4) is 0 Å². The third-order valence-electron chi connectivity index (χ3n) is 3.49. The summed E-state index contributed by atoms with van der Waals surface area (Å²) in [6.07, 6.45) is 4.30. The second-order valence-electron chi connectivity index (χ2n) is 4.90. The van der Waals surface area contributed by atoms with Gasteiger partial charge in [0.15, 0.2) is 5.96 Å². The Kier molecular flexibility index (Phi) is 7.58. The van der Waals surface area contributed by atoms with E-state index in [0.717, 1.165) is 6.54 Å². The molecule has 1 fully saturated rings. The van der Waals surface area contributed by atoms with E-state index < -0.39 is 0 Å². The minimum absolute atomic E-state index is 0. The van der Waals surface area contributed by atoms with Gasteiger partial charge < -0.3 is 11.1 Å². The molecule has 0 unspecified atom stereocenters. The number of nitrogens with two attached hydrogens (primary N) is 1. The summed E-state index contributed by atoms with van der Waals surface area (Å²) < 4.78 is 13.5. The van der Waals surface area contributed by atoms with E-state index in [1.54, 1.807) is 12.1 Å². The average molecular weight is 412 g/mol. The molecule has 0 heterocycles. The van der Waals surface area contributed by atoms with Crippen molar-refractivity contribution in [1.29, 1.82) is 0 Å². The van der Waals surface area contributed by atoms with Crippen LogP contribution in [-0.2, 0) is 6.42 Å². The van der Waals surface area contributed by atoms with Crippen molar-refractivity contribution in [2.45, 2.75) is 25.7 Å². The van der Waals surface area contributed by atoms with Gasteiger partial charge in [-0.15, -0.1) is 24.0 Å². The van der Waals surface area contributed by atoms with Gasteiger partial charge in [-0.1, -0.05) is 24.1 Å². The summed E-state index contributed by atoms with van der Waals surface area (Å²) in [4.78, 5) is 4.28. The Labute approximate surface area is 141 Å². The first-order valence-corrected chi connectivity index (χ1v) is 7.01. The second kappa shape index (κ2) is 8.67. The number of hydrogen-bond donors (Lipinski definition) is 2. The largest absolute Gasteiger partial charge is 0.370 e. The van der Waals surface area contributed by atoms with Crippen molar-refractivity contribution in [2.24, 2.45) is 16.6 Å². The Morgan fingerprint density at radius 3 is 2.80 bits per heavy atom. The molecule has 1 aliphatic rings. The van der Waals surface area contributed by atoms with Gasteiger partial charge in [-0.2, -0.15) is 0 Å². The smallest absolute Gasteiger partial charge is 0.188 e. The lowest BCUT2D eigenvalue weighted by atomic mass is 9.86. The molecule has 20 heavy (non-hydrogen) atoms. The Morgan fingerprint density at radius 2 is 2.20 bits per heavy atom. The molecule has 1 aromatic carbocycles. The van der Waals surface area contributed by atoms with E-state index in [9.17, 15) is 4.39 Å².